The number of aromatic nitrogens is 2. The molecule has 15 heteroatoms. The molecule has 2 N–H and O–H groups in total. The van der Waals surface area contributed by atoms with Crippen LogP contribution >= 0.6 is 0 Å². The number of hydrogen-bond acceptors (Lipinski definition) is 9. The summed E-state index contributed by atoms with van der Waals surface area (Å²) in [5.74, 6) is 1.10. The maximum absolute atomic E-state index is 14.2. The van der Waals surface area contributed by atoms with Crippen molar-refractivity contribution < 1.29 is 37.9 Å². The summed E-state index contributed by atoms with van der Waals surface area (Å²) in [7, 11) is 3.92. The molecule has 272 valence electrons. The zero-order chi connectivity index (χ0) is 36.8. The molecule has 14 nitrogen and oxygen atoms in total. The van der Waals surface area contributed by atoms with Crippen molar-refractivity contribution in [2.24, 2.45) is 5.92 Å². The van der Waals surface area contributed by atoms with E-state index in [2.05, 4.69) is 10.3 Å². The lowest BCUT2D eigenvalue weighted by Crippen LogP contribution is -2.52. The van der Waals surface area contributed by atoms with E-state index in [1.54, 1.807) is 35.1 Å². The lowest BCUT2D eigenvalue weighted by Gasteiger charge is -2.32. The van der Waals surface area contributed by atoms with Crippen LogP contribution in [0.3, 0.4) is 0 Å². The number of imidazole rings is 1. The summed E-state index contributed by atoms with van der Waals surface area (Å²) in [6, 6.07) is 9.86. The zero-order valence-corrected chi connectivity index (χ0v) is 30.7. The van der Waals surface area contributed by atoms with Gasteiger partial charge in [0.15, 0.2) is 11.5 Å². The number of benzene rings is 2. The summed E-state index contributed by atoms with van der Waals surface area (Å²) in [5, 5.41) is 2.68. The van der Waals surface area contributed by atoms with Crippen molar-refractivity contribution in [2.75, 3.05) is 34.5 Å². The first-order valence-electron chi connectivity index (χ1n) is 17.1. The number of urea groups is 1. The predicted octanol–water partition coefficient (Wildman–Crippen LogP) is 4.05. The fraction of sp³-hybridized carbons (Fsp3) is 0.500. The van der Waals surface area contributed by atoms with E-state index < -0.39 is 36.5 Å². The first-order chi connectivity index (χ1) is 24.2. The number of aromatic amines is 1. The molecule has 2 saturated heterocycles. The van der Waals surface area contributed by atoms with E-state index in [9.17, 15) is 14.4 Å². The highest BCUT2D eigenvalue weighted by Crippen LogP contribution is 2.40. The quantitative estimate of drug-likeness (QED) is 0.332. The number of amides is 4. The van der Waals surface area contributed by atoms with Gasteiger partial charge >= 0.3 is 19.2 Å². The van der Waals surface area contributed by atoms with Crippen LogP contribution in [0.25, 0.3) is 11.3 Å². The summed E-state index contributed by atoms with van der Waals surface area (Å²) in [6.07, 6.45) is 1.07. The average molecular weight is 703 g/mol. The molecule has 3 aromatic rings. The molecule has 2 atom stereocenters. The number of H-pyrrole nitrogens is 1. The molecule has 3 aliphatic rings. The van der Waals surface area contributed by atoms with Gasteiger partial charge in [-0.05, 0) is 50.7 Å². The van der Waals surface area contributed by atoms with Crippen LogP contribution < -0.4 is 20.3 Å². The summed E-state index contributed by atoms with van der Waals surface area (Å²) in [6.45, 7) is 12.7. The average Bonchev–Trinajstić information content (AvgIpc) is 3.90. The van der Waals surface area contributed by atoms with Gasteiger partial charge in [0.05, 0.1) is 58.0 Å². The smallest absolute Gasteiger partial charge is 0.493 e. The van der Waals surface area contributed by atoms with Crippen LogP contribution in [-0.4, -0.2) is 102 Å². The number of nitrogens with zero attached hydrogens (tertiary/aromatic N) is 4. The topological polar surface area (TPSA) is 148 Å². The largest absolute Gasteiger partial charge is 0.494 e. The third kappa shape index (κ3) is 6.72. The van der Waals surface area contributed by atoms with Crippen LogP contribution in [0, 0.1) is 5.92 Å². The lowest BCUT2D eigenvalue weighted by molar-refractivity contribution is -0.135. The van der Waals surface area contributed by atoms with Gasteiger partial charge in [-0.25, -0.2) is 14.6 Å². The predicted molar refractivity (Wildman–Crippen MR) is 189 cm³/mol. The minimum absolute atomic E-state index is 0.000518. The third-order valence-corrected chi connectivity index (χ3v) is 10.4. The van der Waals surface area contributed by atoms with Crippen LogP contribution in [0.4, 0.5) is 9.59 Å². The van der Waals surface area contributed by atoms with Crippen LogP contribution in [0.1, 0.15) is 64.5 Å². The number of fused-ring (bicyclic) bond motifs is 1. The van der Waals surface area contributed by atoms with E-state index in [0.29, 0.717) is 36.1 Å². The molecule has 0 saturated carbocycles. The zero-order valence-electron chi connectivity index (χ0n) is 30.7. The van der Waals surface area contributed by atoms with E-state index in [4.69, 9.17) is 28.5 Å². The maximum atomic E-state index is 14.2. The first-order valence-corrected chi connectivity index (χ1v) is 17.1. The Bertz CT molecular complexity index is 1780. The summed E-state index contributed by atoms with van der Waals surface area (Å²) in [5.41, 5.74) is 3.37. The van der Waals surface area contributed by atoms with E-state index in [1.807, 2.05) is 77.9 Å². The molecule has 0 spiro atoms. The first kappa shape index (κ1) is 36.0. The molecule has 0 radical (unpaired) electrons. The number of ether oxygens (including phenoxy) is 3. The molecule has 1 aromatic heterocycles. The van der Waals surface area contributed by atoms with Gasteiger partial charge < -0.3 is 48.5 Å². The second-order valence-corrected chi connectivity index (χ2v) is 14.5. The van der Waals surface area contributed by atoms with Crippen LogP contribution in [-0.2, 0) is 31.9 Å². The number of carbonyl (C=O) groups excluding carboxylic acids is 3. The maximum Gasteiger partial charge on any atom is 0.494 e. The second kappa shape index (κ2) is 13.8. The molecule has 4 heterocycles. The lowest BCUT2D eigenvalue weighted by atomic mass is 9.79. The van der Waals surface area contributed by atoms with Gasteiger partial charge in [0.25, 0.3) is 0 Å². The van der Waals surface area contributed by atoms with Gasteiger partial charge in [-0.15, -0.1) is 0 Å². The second-order valence-electron chi connectivity index (χ2n) is 14.5. The standard InChI is InChI=1S/C36H47BN6O8/c1-21(2)29(40-33(45)49-9)32(44)43-20-42(34(46)41-17-23-12-15-28(47-7)30(48-8)25(23)18-41)19-27(43)31-38-16-26(39-31)22-10-13-24(14-11-22)37-50-35(3,4)36(5,6)51-37/h10-16,21,27,29H,17-20H2,1-9H3,(H,38,39)(H,40,45)/t27-,29?/m0/s1. The molecule has 4 amide bonds. The SMILES string of the molecule is COC(=O)NC(C(=O)N1CN(C(=O)N2Cc3ccc(OC)c(OC)c3C2)C[C@H]1c1nc(-c2ccc(B3OC(C)(C)C(C)(C)O3)cc2)c[nH]1)C(C)C. The van der Waals surface area contributed by atoms with Gasteiger partial charge in [0, 0.05) is 23.9 Å². The monoisotopic (exact) mass is 702 g/mol. The van der Waals surface area contributed by atoms with E-state index in [-0.39, 0.29) is 31.1 Å². The Morgan fingerprint density at radius 2 is 1.65 bits per heavy atom. The molecule has 3 aliphatic heterocycles. The van der Waals surface area contributed by atoms with Crippen molar-refractivity contribution in [3.63, 3.8) is 0 Å². The van der Waals surface area contributed by atoms with Crippen molar-refractivity contribution >= 4 is 30.6 Å². The highest BCUT2D eigenvalue weighted by atomic mass is 16.7. The molecule has 2 aromatic carbocycles. The Kier molecular flexibility index (Phi) is 9.72. The van der Waals surface area contributed by atoms with Gasteiger partial charge in [0.1, 0.15) is 17.9 Å². The van der Waals surface area contributed by atoms with Gasteiger partial charge in [-0.3, -0.25) is 4.79 Å². The minimum Gasteiger partial charge on any atom is -0.493 e. The number of alkyl carbamates (subject to hydrolysis) is 1. The Balaban J connectivity index is 1.25. The van der Waals surface area contributed by atoms with Crippen molar-refractivity contribution in [3.8, 4) is 22.8 Å². The number of hydrogen-bond donors (Lipinski definition) is 2. The molecule has 1 unspecified atom stereocenters. The van der Waals surface area contributed by atoms with E-state index >= 15 is 0 Å². The van der Waals surface area contributed by atoms with E-state index in [1.165, 1.54) is 7.11 Å². The van der Waals surface area contributed by atoms with Gasteiger partial charge in [-0.1, -0.05) is 44.2 Å². The Morgan fingerprint density at radius 3 is 2.25 bits per heavy atom. The number of nitrogens with one attached hydrogen (secondary N) is 2. The highest BCUT2D eigenvalue weighted by molar-refractivity contribution is 6.62. The molecular weight excluding hydrogens is 655 g/mol. The Labute approximate surface area is 298 Å². The molecular formula is C36H47BN6O8. The Morgan fingerprint density at radius 1 is 0.961 bits per heavy atom. The molecule has 0 bridgehead atoms. The van der Waals surface area contributed by atoms with Crippen molar-refractivity contribution in [1.29, 1.82) is 0 Å². The summed E-state index contributed by atoms with van der Waals surface area (Å²) < 4.78 is 28.3. The molecule has 0 aliphatic carbocycles. The minimum atomic E-state index is -0.889. The van der Waals surface area contributed by atoms with Crippen molar-refractivity contribution in [1.82, 2.24) is 30.0 Å². The number of rotatable bonds is 8. The number of methoxy groups -OCH3 is 3. The third-order valence-electron chi connectivity index (χ3n) is 10.4. The van der Waals surface area contributed by atoms with E-state index in [0.717, 1.165) is 22.2 Å². The number of carbonyl (C=O) groups is 3. The summed E-state index contributed by atoms with van der Waals surface area (Å²) in [4.78, 5) is 53.7. The fourth-order valence-electron chi connectivity index (χ4n) is 6.71. The van der Waals surface area contributed by atoms with Crippen LogP contribution in [0.15, 0.2) is 42.6 Å². The molecule has 2 fully saturated rings. The van der Waals surface area contributed by atoms with Gasteiger partial charge in [0.2, 0.25) is 5.91 Å². The molecule has 6 rings (SSSR count). The summed E-state index contributed by atoms with van der Waals surface area (Å²) >= 11 is 0. The molecule has 51 heavy (non-hydrogen) atoms. The van der Waals surface area contributed by atoms with Crippen LogP contribution in [0.2, 0.25) is 0 Å². The van der Waals surface area contributed by atoms with Crippen molar-refractivity contribution in [3.05, 3.63) is 59.5 Å². The van der Waals surface area contributed by atoms with Gasteiger partial charge in [-0.2, -0.15) is 0 Å². The normalized spacial score (nSPS) is 19.7. The van der Waals surface area contributed by atoms with Crippen molar-refractivity contribution in [2.45, 2.75) is 77.9 Å². The fourth-order valence-corrected chi connectivity index (χ4v) is 6.71. The van der Waals surface area contributed by atoms with Crippen LogP contribution in [0.5, 0.6) is 11.5 Å². The Hall–Kier alpha value is -4.76. The highest BCUT2D eigenvalue weighted by Gasteiger charge is 2.51.